The molecule has 0 saturated carbocycles. The Morgan fingerprint density at radius 2 is 1.96 bits per heavy atom. The zero-order valence-corrected chi connectivity index (χ0v) is 13.2. The molecule has 0 bridgehead atoms. The van der Waals surface area contributed by atoms with Crippen LogP contribution in [0, 0.1) is 5.82 Å². The number of carbonyl (C=O) groups is 1. The van der Waals surface area contributed by atoms with Gasteiger partial charge in [-0.1, -0.05) is 41.9 Å². The third-order valence-corrected chi connectivity index (χ3v) is 3.74. The minimum Gasteiger partial charge on any atom is -0.396 e. The summed E-state index contributed by atoms with van der Waals surface area (Å²) in [5, 5.41) is 14.5. The van der Waals surface area contributed by atoms with Crippen LogP contribution >= 0.6 is 11.6 Å². The highest BCUT2D eigenvalue weighted by Gasteiger charge is 2.12. The molecule has 122 valence electrons. The molecule has 2 amide bonds. The minimum absolute atomic E-state index is 0.00282. The molecular formula is C17H18ClFN2O2. The van der Waals surface area contributed by atoms with E-state index in [1.807, 2.05) is 30.3 Å². The van der Waals surface area contributed by atoms with Gasteiger partial charge in [0.2, 0.25) is 0 Å². The molecule has 23 heavy (non-hydrogen) atoms. The van der Waals surface area contributed by atoms with Crippen LogP contribution in [0.4, 0.5) is 14.9 Å². The molecule has 2 aromatic rings. The molecule has 4 nitrogen and oxygen atoms in total. The SMILES string of the molecule is O=C(NCC(CCO)c1ccccc1)Nc1ccc(Cl)c(F)c1. The molecule has 1 unspecified atom stereocenters. The summed E-state index contributed by atoms with van der Waals surface area (Å²) in [5.41, 5.74) is 1.36. The molecular weight excluding hydrogens is 319 g/mol. The summed E-state index contributed by atoms with van der Waals surface area (Å²) in [5.74, 6) is -0.583. The number of carbonyl (C=O) groups excluding carboxylic acids is 1. The van der Waals surface area contributed by atoms with Crippen molar-refractivity contribution in [1.82, 2.24) is 5.32 Å². The third-order valence-electron chi connectivity index (χ3n) is 3.44. The Morgan fingerprint density at radius 1 is 1.22 bits per heavy atom. The van der Waals surface area contributed by atoms with Crippen molar-refractivity contribution in [2.24, 2.45) is 0 Å². The van der Waals surface area contributed by atoms with Gasteiger partial charge < -0.3 is 15.7 Å². The number of hydrogen-bond donors (Lipinski definition) is 3. The molecule has 0 aliphatic rings. The first-order valence-corrected chi connectivity index (χ1v) is 7.63. The first-order chi connectivity index (χ1) is 11.1. The van der Waals surface area contributed by atoms with Crippen molar-refractivity contribution < 1.29 is 14.3 Å². The fourth-order valence-corrected chi connectivity index (χ4v) is 2.35. The maximum atomic E-state index is 13.3. The molecule has 0 saturated heterocycles. The van der Waals surface area contributed by atoms with Gasteiger partial charge in [-0.2, -0.15) is 0 Å². The van der Waals surface area contributed by atoms with Crippen molar-refractivity contribution in [2.45, 2.75) is 12.3 Å². The molecule has 0 fully saturated rings. The summed E-state index contributed by atoms with van der Waals surface area (Å²) in [4.78, 5) is 11.9. The van der Waals surface area contributed by atoms with Crippen LogP contribution in [0.3, 0.4) is 0 Å². The van der Waals surface area contributed by atoms with Gasteiger partial charge in [-0.25, -0.2) is 9.18 Å². The van der Waals surface area contributed by atoms with Gasteiger partial charge in [-0.05, 0) is 30.2 Å². The Bertz CT molecular complexity index is 652. The van der Waals surface area contributed by atoms with Gasteiger partial charge in [0.05, 0.1) is 5.02 Å². The summed E-state index contributed by atoms with van der Waals surface area (Å²) < 4.78 is 13.3. The molecule has 0 radical (unpaired) electrons. The number of benzene rings is 2. The molecule has 0 aliphatic heterocycles. The first-order valence-electron chi connectivity index (χ1n) is 7.26. The topological polar surface area (TPSA) is 61.4 Å². The van der Waals surface area contributed by atoms with Gasteiger partial charge in [-0.3, -0.25) is 0 Å². The lowest BCUT2D eigenvalue weighted by Gasteiger charge is -2.17. The summed E-state index contributed by atoms with van der Waals surface area (Å²) in [6.07, 6.45) is 0.542. The molecule has 2 rings (SSSR count). The van der Waals surface area contributed by atoms with Crippen molar-refractivity contribution >= 4 is 23.3 Å². The lowest BCUT2D eigenvalue weighted by molar-refractivity contribution is 0.248. The standard InChI is InChI=1S/C17H18ClFN2O2/c18-15-7-6-14(10-16(15)19)21-17(23)20-11-13(8-9-22)12-4-2-1-3-5-12/h1-7,10,13,22H,8-9,11H2,(H2,20,21,23). The second-order valence-electron chi connectivity index (χ2n) is 5.08. The smallest absolute Gasteiger partial charge is 0.319 e. The summed E-state index contributed by atoms with van der Waals surface area (Å²) in [6, 6.07) is 13.3. The van der Waals surface area contributed by atoms with Crippen molar-refractivity contribution in [2.75, 3.05) is 18.5 Å². The fourth-order valence-electron chi connectivity index (χ4n) is 2.23. The highest BCUT2D eigenvalue weighted by molar-refractivity contribution is 6.30. The van der Waals surface area contributed by atoms with E-state index in [1.165, 1.54) is 12.1 Å². The summed E-state index contributed by atoms with van der Waals surface area (Å²) in [7, 11) is 0. The predicted molar refractivity (Wildman–Crippen MR) is 89.3 cm³/mol. The Kier molecular flexibility index (Phi) is 6.38. The second kappa shape index (κ2) is 8.50. The third kappa shape index (κ3) is 5.23. The van der Waals surface area contributed by atoms with Crippen LogP contribution in [-0.4, -0.2) is 24.3 Å². The van der Waals surface area contributed by atoms with Crippen LogP contribution in [0.5, 0.6) is 0 Å². The molecule has 0 heterocycles. The first kappa shape index (κ1) is 17.2. The van der Waals surface area contributed by atoms with E-state index in [0.717, 1.165) is 11.6 Å². The van der Waals surface area contributed by atoms with Crippen LogP contribution in [-0.2, 0) is 0 Å². The van der Waals surface area contributed by atoms with Gasteiger partial charge >= 0.3 is 6.03 Å². The van der Waals surface area contributed by atoms with Gasteiger partial charge in [0.15, 0.2) is 0 Å². The van der Waals surface area contributed by atoms with E-state index in [9.17, 15) is 14.3 Å². The van der Waals surface area contributed by atoms with Crippen molar-refractivity contribution in [3.05, 3.63) is 64.9 Å². The summed E-state index contributed by atoms with van der Waals surface area (Å²) >= 11 is 5.60. The van der Waals surface area contributed by atoms with Crippen molar-refractivity contribution in [3.63, 3.8) is 0 Å². The lowest BCUT2D eigenvalue weighted by Crippen LogP contribution is -2.32. The number of nitrogens with one attached hydrogen (secondary N) is 2. The predicted octanol–water partition coefficient (Wildman–Crippen LogP) is 3.77. The summed E-state index contributed by atoms with van der Waals surface area (Å²) in [6.45, 7) is 0.401. The maximum absolute atomic E-state index is 13.3. The second-order valence-corrected chi connectivity index (χ2v) is 5.49. The molecule has 0 aliphatic carbocycles. The maximum Gasteiger partial charge on any atom is 0.319 e. The molecule has 2 aromatic carbocycles. The monoisotopic (exact) mass is 336 g/mol. The average Bonchev–Trinajstić information content (AvgIpc) is 2.56. The zero-order valence-electron chi connectivity index (χ0n) is 12.4. The number of anilines is 1. The number of halogens is 2. The van der Waals surface area contributed by atoms with E-state index in [4.69, 9.17) is 11.6 Å². The highest BCUT2D eigenvalue weighted by Crippen LogP contribution is 2.20. The highest BCUT2D eigenvalue weighted by atomic mass is 35.5. The number of aliphatic hydroxyl groups is 1. The van der Waals surface area contributed by atoms with Crippen molar-refractivity contribution in [3.8, 4) is 0 Å². The van der Waals surface area contributed by atoms with Crippen LogP contribution in [0.1, 0.15) is 17.9 Å². The Morgan fingerprint density at radius 3 is 2.61 bits per heavy atom. The molecule has 0 spiro atoms. The minimum atomic E-state index is -0.591. The van der Waals surface area contributed by atoms with E-state index in [0.29, 0.717) is 18.7 Å². The van der Waals surface area contributed by atoms with Crippen LogP contribution in [0.2, 0.25) is 5.02 Å². The lowest BCUT2D eigenvalue weighted by atomic mass is 9.96. The number of aliphatic hydroxyl groups excluding tert-OH is 1. The quantitative estimate of drug-likeness (QED) is 0.752. The van der Waals surface area contributed by atoms with Gasteiger partial charge in [-0.15, -0.1) is 0 Å². The Balaban J connectivity index is 1.92. The number of rotatable bonds is 6. The van der Waals surface area contributed by atoms with E-state index in [-0.39, 0.29) is 17.5 Å². The van der Waals surface area contributed by atoms with Crippen LogP contribution < -0.4 is 10.6 Å². The normalized spacial score (nSPS) is 11.8. The molecule has 6 heteroatoms. The number of urea groups is 1. The van der Waals surface area contributed by atoms with Gasteiger partial charge in [0.1, 0.15) is 5.82 Å². The van der Waals surface area contributed by atoms with E-state index in [1.54, 1.807) is 0 Å². The molecule has 0 aromatic heterocycles. The van der Waals surface area contributed by atoms with Gasteiger partial charge in [0.25, 0.3) is 0 Å². The Hall–Kier alpha value is -2.11. The largest absolute Gasteiger partial charge is 0.396 e. The van der Waals surface area contributed by atoms with E-state index in [2.05, 4.69) is 10.6 Å². The Labute approximate surface area is 139 Å². The number of amides is 2. The van der Waals surface area contributed by atoms with Crippen molar-refractivity contribution in [1.29, 1.82) is 0 Å². The fraction of sp³-hybridized carbons (Fsp3) is 0.235. The van der Waals surface area contributed by atoms with Crippen LogP contribution in [0.15, 0.2) is 48.5 Å². The number of hydrogen-bond acceptors (Lipinski definition) is 2. The molecule has 3 N–H and O–H groups in total. The van der Waals surface area contributed by atoms with E-state index < -0.39 is 11.8 Å². The van der Waals surface area contributed by atoms with E-state index >= 15 is 0 Å². The zero-order chi connectivity index (χ0) is 16.7. The molecule has 1 atom stereocenters. The average molecular weight is 337 g/mol. The van der Waals surface area contributed by atoms with Gasteiger partial charge in [0, 0.05) is 24.8 Å². The van der Waals surface area contributed by atoms with Crippen LogP contribution in [0.25, 0.3) is 0 Å².